The Morgan fingerprint density at radius 1 is 1.22 bits per heavy atom. The van der Waals surface area contributed by atoms with Crippen LogP contribution in [0.4, 0.5) is 0 Å². The number of carbonyl (C=O) groups excluding carboxylic acids is 1. The molecule has 3 fully saturated rings. The van der Waals surface area contributed by atoms with Crippen molar-refractivity contribution in [1.29, 1.82) is 0 Å². The van der Waals surface area contributed by atoms with Crippen LogP contribution >= 0.6 is 0 Å². The monoisotopic (exact) mass is 346 g/mol. The summed E-state index contributed by atoms with van der Waals surface area (Å²) in [4.78, 5) is 14.5. The van der Waals surface area contributed by atoms with Crippen LogP contribution in [0.25, 0.3) is 0 Å². The van der Waals surface area contributed by atoms with Crippen LogP contribution in [-0.2, 0) is 24.3 Å². The summed E-state index contributed by atoms with van der Waals surface area (Å²) in [5.41, 5.74) is 0. The highest BCUT2D eigenvalue weighted by Crippen LogP contribution is 2.34. The quantitative estimate of drug-likeness (QED) is 0.712. The number of hydrogen-bond donors (Lipinski definition) is 0. The molecule has 3 aliphatic rings. The van der Waals surface area contributed by atoms with Gasteiger partial charge in [0.2, 0.25) is 15.9 Å². The van der Waals surface area contributed by atoms with E-state index in [1.807, 2.05) is 18.7 Å². The summed E-state index contributed by atoms with van der Waals surface area (Å²) in [7, 11) is -3.27. The summed E-state index contributed by atoms with van der Waals surface area (Å²) in [6.07, 6.45) is 0.144. The maximum atomic E-state index is 12.7. The third-order valence-corrected chi connectivity index (χ3v) is 6.87. The van der Waals surface area contributed by atoms with Crippen molar-refractivity contribution in [3.05, 3.63) is 0 Å². The van der Waals surface area contributed by atoms with Gasteiger partial charge in [0, 0.05) is 26.2 Å². The van der Waals surface area contributed by atoms with Crippen LogP contribution in [0.5, 0.6) is 0 Å². The maximum Gasteiger partial charge on any atom is 0.228 e. The number of fused-ring (bicyclic) bond motifs is 2. The minimum atomic E-state index is -3.27. The van der Waals surface area contributed by atoms with Gasteiger partial charge in [-0.05, 0) is 12.3 Å². The topological polar surface area (TPSA) is 76.2 Å². The molecule has 0 aromatic heterocycles. The van der Waals surface area contributed by atoms with E-state index in [4.69, 9.17) is 9.47 Å². The smallest absolute Gasteiger partial charge is 0.228 e. The van der Waals surface area contributed by atoms with E-state index in [2.05, 4.69) is 0 Å². The molecule has 0 aliphatic carbocycles. The number of sulfonamides is 1. The Morgan fingerprint density at radius 2 is 1.91 bits per heavy atom. The van der Waals surface area contributed by atoms with Gasteiger partial charge in [-0.1, -0.05) is 13.8 Å². The molecule has 0 unspecified atom stereocenters. The normalized spacial score (nSPS) is 32.5. The average molecular weight is 346 g/mol. The molecule has 132 valence electrons. The number of morpholine rings is 2. The summed E-state index contributed by atoms with van der Waals surface area (Å²) >= 11 is 0. The van der Waals surface area contributed by atoms with Gasteiger partial charge in [0.15, 0.2) is 0 Å². The minimum absolute atomic E-state index is 0.0870. The molecule has 3 aliphatic heterocycles. The molecule has 3 saturated heterocycles. The zero-order valence-corrected chi connectivity index (χ0v) is 14.6. The first-order valence-corrected chi connectivity index (χ1v) is 9.97. The number of rotatable bonds is 4. The first-order valence-electron chi connectivity index (χ1n) is 8.36. The standard InChI is InChI=1S/C15H26N2O5S/c1-11(2)10-23(19,20)17-8-12-7-13(14(9-17)22-12)15(18)16-3-5-21-6-4-16/h11-14H,3-10H2,1-2H3/t12-,13+,14-/m0/s1. The summed E-state index contributed by atoms with van der Waals surface area (Å²) in [5.74, 6) is 0.0988. The molecule has 0 spiro atoms. The lowest BCUT2D eigenvalue weighted by atomic mass is 9.98. The summed E-state index contributed by atoms with van der Waals surface area (Å²) in [5, 5.41) is 0. The lowest BCUT2D eigenvalue weighted by molar-refractivity contribution is -0.142. The lowest BCUT2D eigenvalue weighted by Crippen LogP contribution is -2.50. The molecule has 8 heteroatoms. The third kappa shape index (κ3) is 3.70. The zero-order chi connectivity index (χ0) is 16.6. The van der Waals surface area contributed by atoms with Gasteiger partial charge in [0.25, 0.3) is 0 Å². The van der Waals surface area contributed by atoms with Crippen molar-refractivity contribution in [2.24, 2.45) is 11.8 Å². The van der Waals surface area contributed by atoms with E-state index in [9.17, 15) is 13.2 Å². The van der Waals surface area contributed by atoms with Crippen molar-refractivity contribution in [3.63, 3.8) is 0 Å². The fourth-order valence-corrected chi connectivity index (χ4v) is 5.48. The Kier molecular flexibility index (Phi) is 4.96. The first kappa shape index (κ1) is 17.1. The van der Waals surface area contributed by atoms with E-state index >= 15 is 0 Å². The Balaban J connectivity index is 1.67. The Bertz CT molecular complexity index is 544. The number of hydrogen-bond acceptors (Lipinski definition) is 5. The van der Waals surface area contributed by atoms with Crippen molar-refractivity contribution in [2.75, 3.05) is 45.1 Å². The van der Waals surface area contributed by atoms with E-state index in [1.54, 1.807) is 0 Å². The average Bonchev–Trinajstić information content (AvgIpc) is 2.80. The van der Waals surface area contributed by atoms with Gasteiger partial charge < -0.3 is 14.4 Å². The van der Waals surface area contributed by atoms with Crippen LogP contribution in [-0.4, -0.2) is 80.9 Å². The second-order valence-corrected chi connectivity index (χ2v) is 9.08. The molecule has 0 saturated carbocycles. The van der Waals surface area contributed by atoms with Gasteiger partial charge >= 0.3 is 0 Å². The molecule has 0 N–H and O–H groups in total. The second kappa shape index (κ2) is 6.66. The molecule has 3 heterocycles. The fourth-order valence-electron chi connectivity index (χ4n) is 3.65. The van der Waals surface area contributed by atoms with Crippen LogP contribution in [0, 0.1) is 11.8 Å². The molecule has 1 amide bonds. The highest BCUT2D eigenvalue weighted by Gasteiger charge is 2.48. The van der Waals surface area contributed by atoms with Crippen molar-refractivity contribution in [2.45, 2.75) is 32.5 Å². The van der Waals surface area contributed by atoms with E-state index in [0.29, 0.717) is 45.8 Å². The fraction of sp³-hybridized carbons (Fsp3) is 0.933. The molecule has 23 heavy (non-hydrogen) atoms. The van der Waals surface area contributed by atoms with Crippen molar-refractivity contribution >= 4 is 15.9 Å². The molecule has 3 atom stereocenters. The second-order valence-electron chi connectivity index (χ2n) is 7.07. The van der Waals surface area contributed by atoms with Gasteiger partial charge in [0.05, 0.1) is 37.1 Å². The van der Waals surface area contributed by atoms with E-state index in [0.717, 1.165) is 0 Å². The third-order valence-electron chi connectivity index (χ3n) is 4.70. The number of carbonyl (C=O) groups is 1. The summed E-state index contributed by atoms with van der Waals surface area (Å²) < 4.78 is 37.6. The van der Waals surface area contributed by atoms with Gasteiger partial charge in [-0.3, -0.25) is 4.79 Å². The predicted octanol–water partition coefficient (Wildman–Crippen LogP) is -0.0797. The number of nitrogens with zero attached hydrogens (tertiary/aromatic N) is 2. The van der Waals surface area contributed by atoms with Crippen LogP contribution < -0.4 is 0 Å². The molecule has 2 bridgehead atoms. The molecule has 0 radical (unpaired) electrons. The first-order chi connectivity index (χ1) is 10.9. The van der Waals surface area contributed by atoms with E-state index in [1.165, 1.54) is 4.31 Å². The largest absolute Gasteiger partial charge is 0.378 e. The van der Waals surface area contributed by atoms with Crippen LogP contribution in [0.15, 0.2) is 0 Å². The predicted molar refractivity (Wildman–Crippen MR) is 84.4 cm³/mol. The maximum absolute atomic E-state index is 12.7. The lowest BCUT2D eigenvalue weighted by Gasteiger charge is -2.34. The van der Waals surface area contributed by atoms with Crippen molar-refractivity contribution < 1.29 is 22.7 Å². The highest BCUT2D eigenvalue weighted by atomic mass is 32.2. The Morgan fingerprint density at radius 3 is 2.57 bits per heavy atom. The van der Waals surface area contributed by atoms with Crippen LogP contribution in [0.3, 0.4) is 0 Å². The number of ether oxygens (including phenoxy) is 2. The Labute approximate surface area is 138 Å². The molecular weight excluding hydrogens is 320 g/mol. The zero-order valence-electron chi connectivity index (χ0n) is 13.8. The molecule has 7 nitrogen and oxygen atoms in total. The van der Waals surface area contributed by atoms with Crippen molar-refractivity contribution in [3.8, 4) is 0 Å². The minimum Gasteiger partial charge on any atom is -0.378 e. The number of amides is 1. The van der Waals surface area contributed by atoms with Gasteiger partial charge in [-0.25, -0.2) is 8.42 Å². The Hall–Kier alpha value is -0.700. The van der Waals surface area contributed by atoms with Crippen LogP contribution in [0.2, 0.25) is 0 Å². The highest BCUT2D eigenvalue weighted by molar-refractivity contribution is 7.89. The molecule has 3 rings (SSSR count). The van der Waals surface area contributed by atoms with Crippen LogP contribution in [0.1, 0.15) is 20.3 Å². The summed E-state index contributed by atoms with van der Waals surface area (Å²) in [6, 6.07) is 0. The van der Waals surface area contributed by atoms with Gasteiger partial charge in [-0.15, -0.1) is 0 Å². The van der Waals surface area contributed by atoms with Crippen molar-refractivity contribution in [1.82, 2.24) is 9.21 Å². The van der Waals surface area contributed by atoms with Gasteiger partial charge in [0.1, 0.15) is 0 Å². The SMILES string of the molecule is CC(C)CS(=O)(=O)N1C[C@@H]2C[C@@H](C(=O)N3CCOCC3)[C@H](C1)O2. The molecule has 0 aromatic rings. The molecular formula is C15H26N2O5S. The molecule has 0 aromatic carbocycles. The van der Waals surface area contributed by atoms with E-state index < -0.39 is 10.0 Å². The summed E-state index contributed by atoms with van der Waals surface area (Å²) in [6.45, 7) is 6.84. The van der Waals surface area contributed by atoms with E-state index in [-0.39, 0.29) is 35.7 Å². The van der Waals surface area contributed by atoms with Gasteiger partial charge in [-0.2, -0.15) is 4.31 Å².